The van der Waals surface area contributed by atoms with E-state index in [4.69, 9.17) is 9.40 Å². The number of fused-ring (bicyclic) bond motifs is 3. The molecule has 0 N–H and O–H groups in total. The largest absolute Gasteiger partial charge is 0.435 e. The molecule has 0 unspecified atom stereocenters. The summed E-state index contributed by atoms with van der Waals surface area (Å²) in [5.41, 5.74) is 2.81. The van der Waals surface area contributed by atoms with Gasteiger partial charge in [-0.1, -0.05) is 66.7 Å². The van der Waals surface area contributed by atoms with Crippen molar-refractivity contribution in [2.45, 2.75) is 0 Å². The summed E-state index contributed by atoms with van der Waals surface area (Å²) in [4.78, 5) is 4.87. The van der Waals surface area contributed by atoms with Crippen LogP contribution in [0.15, 0.2) is 83.3 Å². The number of nitrogens with zero attached hydrogens (tertiary/aromatic N) is 1. The molecule has 0 saturated carbocycles. The Labute approximate surface area is 143 Å². The van der Waals surface area contributed by atoms with Crippen LogP contribution in [0.2, 0.25) is 0 Å². The summed E-state index contributed by atoms with van der Waals surface area (Å²) < 4.78 is 6.26. The smallest absolute Gasteiger partial charge is 0.227 e. The predicted octanol–water partition coefficient (Wildman–Crippen LogP) is 6.39. The van der Waals surface area contributed by atoms with Crippen LogP contribution < -0.4 is 0 Å². The lowest BCUT2D eigenvalue weighted by atomic mass is 9.93. The van der Waals surface area contributed by atoms with Gasteiger partial charge in [-0.05, 0) is 28.3 Å². The molecule has 1 aromatic heterocycles. The zero-order chi connectivity index (χ0) is 16.4. The minimum absolute atomic E-state index is 0.674. The summed E-state index contributed by atoms with van der Waals surface area (Å²) >= 11 is 0. The average molecular weight is 319 g/mol. The third-order valence-corrected chi connectivity index (χ3v) is 5.03. The van der Waals surface area contributed by atoms with E-state index in [9.17, 15) is 0 Å². The van der Waals surface area contributed by atoms with Crippen LogP contribution in [-0.2, 0) is 0 Å². The van der Waals surface area contributed by atoms with E-state index in [2.05, 4.69) is 48.5 Å². The second-order valence-electron chi connectivity index (χ2n) is 6.44. The summed E-state index contributed by atoms with van der Waals surface area (Å²) in [5, 5.41) is 7.30. The van der Waals surface area contributed by atoms with Gasteiger partial charge < -0.3 is 4.42 Å². The Kier molecular flexibility index (Phi) is 2.37. The van der Waals surface area contributed by atoms with Gasteiger partial charge in [0.05, 0.1) is 0 Å². The van der Waals surface area contributed by atoms with E-state index in [1.54, 1.807) is 0 Å². The topological polar surface area (TPSA) is 26.0 Å². The predicted molar refractivity (Wildman–Crippen MR) is 103 cm³/mol. The van der Waals surface area contributed by atoms with Crippen LogP contribution in [0.5, 0.6) is 0 Å². The van der Waals surface area contributed by atoms with E-state index in [0.29, 0.717) is 5.89 Å². The van der Waals surface area contributed by atoms with Gasteiger partial charge in [0, 0.05) is 21.7 Å². The maximum atomic E-state index is 6.26. The van der Waals surface area contributed by atoms with Gasteiger partial charge in [-0.15, -0.1) is 0 Å². The van der Waals surface area contributed by atoms with Crippen LogP contribution >= 0.6 is 0 Å². The lowest BCUT2D eigenvalue weighted by Crippen LogP contribution is -1.85. The van der Waals surface area contributed by atoms with Crippen LogP contribution in [0.4, 0.5) is 0 Å². The summed E-state index contributed by atoms with van der Waals surface area (Å²) in [5.74, 6) is 0.674. The van der Waals surface area contributed by atoms with Crippen molar-refractivity contribution in [2.75, 3.05) is 0 Å². The van der Waals surface area contributed by atoms with Crippen molar-refractivity contribution in [3.8, 4) is 11.5 Å². The summed E-state index contributed by atoms with van der Waals surface area (Å²) in [6.07, 6.45) is 0. The molecule has 0 aliphatic heterocycles. The minimum atomic E-state index is 0.674. The van der Waals surface area contributed by atoms with Crippen molar-refractivity contribution in [3.05, 3.63) is 78.9 Å². The number of hydrogen-bond acceptors (Lipinski definition) is 2. The Balaban J connectivity index is 1.89. The van der Waals surface area contributed by atoms with Gasteiger partial charge in [0.15, 0.2) is 5.58 Å². The summed E-state index contributed by atoms with van der Waals surface area (Å²) in [7, 11) is 0. The van der Waals surface area contributed by atoms with Crippen molar-refractivity contribution in [3.63, 3.8) is 0 Å². The standard InChI is InChI=1S/C23H13NO/c1-2-6-16(7-3-1)23-24-21-17-10-4-8-14-12-13-15-9-5-11-18(22(21)25-23)20(15)19(14)17/h1-13H. The van der Waals surface area contributed by atoms with Crippen LogP contribution in [-0.4, -0.2) is 4.98 Å². The van der Waals surface area contributed by atoms with Crippen LogP contribution in [0, 0.1) is 0 Å². The normalized spacial score (nSPS) is 12.0. The van der Waals surface area contributed by atoms with Crippen molar-refractivity contribution in [1.29, 1.82) is 0 Å². The number of rotatable bonds is 1. The number of aromatic nitrogens is 1. The number of hydrogen-bond donors (Lipinski definition) is 0. The van der Waals surface area contributed by atoms with Crippen molar-refractivity contribution < 1.29 is 4.42 Å². The SMILES string of the molecule is c1ccc(-c2nc3c4cccc5ccc6cccc(c3o2)c6c54)cc1. The van der Waals surface area contributed by atoms with Gasteiger partial charge in [0.1, 0.15) is 5.52 Å². The molecule has 0 amide bonds. The molecule has 25 heavy (non-hydrogen) atoms. The summed E-state index contributed by atoms with van der Waals surface area (Å²) in [6, 6.07) is 27.3. The molecule has 116 valence electrons. The van der Waals surface area contributed by atoms with E-state index in [1.165, 1.54) is 21.5 Å². The molecule has 0 atom stereocenters. The second kappa shape index (κ2) is 4.58. The molecule has 6 aromatic rings. The Morgan fingerprint density at radius 1 is 0.600 bits per heavy atom. The van der Waals surface area contributed by atoms with Crippen LogP contribution in [0.25, 0.3) is 54.9 Å². The molecule has 0 bridgehead atoms. The van der Waals surface area contributed by atoms with Crippen molar-refractivity contribution >= 4 is 43.4 Å². The third-order valence-electron chi connectivity index (χ3n) is 5.03. The highest BCUT2D eigenvalue weighted by Crippen LogP contribution is 2.41. The fourth-order valence-corrected chi connectivity index (χ4v) is 3.93. The molecule has 0 radical (unpaired) electrons. The molecule has 5 aromatic carbocycles. The van der Waals surface area contributed by atoms with Crippen molar-refractivity contribution in [2.24, 2.45) is 0 Å². The molecule has 2 nitrogen and oxygen atoms in total. The Morgan fingerprint density at radius 3 is 2.04 bits per heavy atom. The highest BCUT2D eigenvalue weighted by molar-refractivity contribution is 6.32. The first-order valence-electron chi connectivity index (χ1n) is 8.41. The van der Waals surface area contributed by atoms with E-state index in [1.807, 2.05) is 30.3 Å². The Morgan fingerprint density at radius 2 is 1.28 bits per heavy atom. The van der Waals surface area contributed by atoms with Crippen LogP contribution in [0.1, 0.15) is 0 Å². The third kappa shape index (κ3) is 1.66. The molecule has 0 aliphatic rings. The molecular formula is C23H13NO. The highest BCUT2D eigenvalue weighted by Gasteiger charge is 2.18. The minimum Gasteiger partial charge on any atom is -0.435 e. The van der Waals surface area contributed by atoms with Gasteiger partial charge >= 0.3 is 0 Å². The zero-order valence-electron chi connectivity index (χ0n) is 13.4. The molecule has 0 fully saturated rings. The van der Waals surface area contributed by atoms with Gasteiger partial charge in [0.25, 0.3) is 0 Å². The average Bonchev–Trinajstić information content (AvgIpc) is 3.13. The Bertz CT molecular complexity index is 1290. The molecule has 0 aliphatic carbocycles. The number of benzene rings is 5. The quantitative estimate of drug-likeness (QED) is 0.328. The molecule has 2 heteroatoms. The fraction of sp³-hybridized carbons (Fsp3) is 0. The first kappa shape index (κ1) is 13.0. The molecular weight excluding hydrogens is 306 g/mol. The van der Waals surface area contributed by atoms with E-state index in [-0.39, 0.29) is 0 Å². The van der Waals surface area contributed by atoms with Crippen molar-refractivity contribution in [1.82, 2.24) is 4.98 Å². The number of oxazole rings is 1. The zero-order valence-corrected chi connectivity index (χ0v) is 13.4. The van der Waals surface area contributed by atoms with E-state index in [0.717, 1.165) is 27.4 Å². The monoisotopic (exact) mass is 319 g/mol. The van der Waals surface area contributed by atoms with E-state index >= 15 is 0 Å². The summed E-state index contributed by atoms with van der Waals surface area (Å²) in [6.45, 7) is 0. The van der Waals surface area contributed by atoms with Crippen LogP contribution in [0.3, 0.4) is 0 Å². The van der Waals surface area contributed by atoms with Gasteiger partial charge in [0.2, 0.25) is 5.89 Å². The second-order valence-corrected chi connectivity index (χ2v) is 6.44. The molecule has 6 rings (SSSR count). The lowest BCUT2D eigenvalue weighted by Gasteiger charge is -2.10. The van der Waals surface area contributed by atoms with Gasteiger partial charge in [-0.3, -0.25) is 0 Å². The fourth-order valence-electron chi connectivity index (χ4n) is 3.93. The maximum Gasteiger partial charge on any atom is 0.227 e. The maximum absolute atomic E-state index is 6.26. The van der Waals surface area contributed by atoms with E-state index < -0.39 is 0 Å². The Hall–Kier alpha value is -3.39. The molecule has 0 spiro atoms. The highest BCUT2D eigenvalue weighted by atomic mass is 16.3. The van der Waals surface area contributed by atoms with Gasteiger partial charge in [-0.2, -0.15) is 0 Å². The first-order chi connectivity index (χ1) is 12.4. The first-order valence-corrected chi connectivity index (χ1v) is 8.41. The van der Waals surface area contributed by atoms with Gasteiger partial charge in [-0.25, -0.2) is 4.98 Å². The molecule has 1 heterocycles. The molecule has 0 saturated heterocycles. The lowest BCUT2D eigenvalue weighted by molar-refractivity contribution is 0.623.